The molecule has 0 aromatic heterocycles. The summed E-state index contributed by atoms with van der Waals surface area (Å²) < 4.78 is 0. The lowest BCUT2D eigenvalue weighted by molar-refractivity contribution is -0.126. The molecular formula is C10H19NO. The van der Waals surface area contributed by atoms with Crippen LogP contribution in [-0.4, -0.2) is 18.9 Å². The molecule has 0 amide bonds. The number of Topliss-reactive ketones (excluding diaryl/α,β-unsaturated/α-hetero) is 1. The van der Waals surface area contributed by atoms with Crippen LogP contribution in [0.5, 0.6) is 0 Å². The Morgan fingerprint density at radius 3 is 2.58 bits per heavy atom. The third-order valence-electron chi connectivity index (χ3n) is 2.85. The van der Waals surface area contributed by atoms with Crippen molar-refractivity contribution in [3.63, 3.8) is 0 Å². The van der Waals surface area contributed by atoms with Crippen LogP contribution in [0.15, 0.2) is 0 Å². The number of ketones is 1. The summed E-state index contributed by atoms with van der Waals surface area (Å²) in [7, 11) is 0. The molecule has 0 saturated carbocycles. The molecule has 2 nitrogen and oxygen atoms in total. The van der Waals surface area contributed by atoms with Crippen molar-refractivity contribution >= 4 is 5.78 Å². The monoisotopic (exact) mass is 169 g/mol. The van der Waals surface area contributed by atoms with E-state index < -0.39 is 0 Å². The third-order valence-corrected chi connectivity index (χ3v) is 2.85. The molecule has 12 heavy (non-hydrogen) atoms. The van der Waals surface area contributed by atoms with Gasteiger partial charge in [0.25, 0.3) is 0 Å². The van der Waals surface area contributed by atoms with Gasteiger partial charge in [-0.2, -0.15) is 0 Å². The highest BCUT2D eigenvalue weighted by Crippen LogP contribution is 2.19. The van der Waals surface area contributed by atoms with Crippen molar-refractivity contribution in [2.75, 3.05) is 13.1 Å². The van der Waals surface area contributed by atoms with E-state index in [-0.39, 0.29) is 0 Å². The van der Waals surface area contributed by atoms with Crippen molar-refractivity contribution in [3.05, 3.63) is 0 Å². The predicted molar refractivity (Wildman–Crippen MR) is 50.1 cm³/mol. The SMILES string of the molecule is CCC(CC)C(=O)C1CCNC1. The average molecular weight is 169 g/mol. The number of hydrogen-bond acceptors (Lipinski definition) is 2. The summed E-state index contributed by atoms with van der Waals surface area (Å²) in [5.74, 6) is 1.12. The molecule has 0 bridgehead atoms. The summed E-state index contributed by atoms with van der Waals surface area (Å²) in [5, 5.41) is 3.24. The fourth-order valence-electron chi connectivity index (χ4n) is 1.92. The number of hydrogen-bond donors (Lipinski definition) is 1. The van der Waals surface area contributed by atoms with Gasteiger partial charge in [-0.1, -0.05) is 13.8 Å². The summed E-state index contributed by atoms with van der Waals surface area (Å²) in [4.78, 5) is 11.8. The van der Waals surface area contributed by atoms with Crippen molar-refractivity contribution in [3.8, 4) is 0 Å². The molecule has 1 atom stereocenters. The molecular weight excluding hydrogens is 150 g/mol. The van der Waals surface area contributed by atoms with E-state index in [1.54, 1.807) is 0 Å². The molecule has 0 spiro atoms. The molecule has 0 aromatic rings. The molecule has 1 heterocycles. The third kappa shape index (κ3) is 2.07. The van der Waals surface area contributed by atoms with Gasteiger partial charge in [0, 0.05) is 18.4 Å². The molecule has 0 aromatic carbocycles. The summed E-state index contributed by atoms with van der Waals surface area (Å²) >= 11 is 0. The second-order valence-electron chi connectivity index (χ2n) is 3.61. The molecule has 1 unspecified atom stereocenters. The number of carbonyl (C=O) groups is 1. The molecule has 0 aliphatic carbocycles. The predicted octanol–water partition coefficient (Wildman–Crippen LogP) is 1.60. The number of nitrogens with one attached hydrogen (secondary N) is 1. The van der Waals surface area contributed by atoms with Crippen LogP contribution < -0.4 is 5.32 Å². The van der Waals surface area contributed by atoms with E-state index in [2.05, 4.69) is 19.2 Å². The van der Waals surface area contributed by atoms with Gasteiger partial charge in [-0.15, -0.1) is 0 Å². The average Bonchev–Trinajstić information content (AvgIpc) is 2.58. The Labute approximate surface area is 74.7 Å². The maximum absolute atomic E-state index is 11.8. The van der Waals surface area contributed by atoms with Gasteiger partial charge in [0.05, 0.1) is 0 Å². The lowest BCUT2D eigenvalue weighted by Gasteiger charge is -2.15. The molecule has 1 aliphatic rings. The van der Waals surface area contributed by atoms with Crippen molar-refractivity contribution < 1.29 is 4.79 Å². The van der Waals surface area contributed by atoms with Gasteiger partial charge in [0.15, 0.2) is 0 Å². The van der Waals surface area contributed by atoms with Gasteiger partial charge >= 0.3 is 0 Å². The highest BCUT2D eigenvalue weighted by molar-refractivity contribution is 5.83. The first kappa shape index (κ1) is 9.72. The van der Waals surface area contributed by atoms with E-state index in [1.807, 2.05) is 0 Å². The van der Waals surface area contributed by atoms with E-state index >= 15 is 0 Å². The van der Waals surface area contributed by atoms with E-state index in [9.17, 15) is 4.79 Å². The lowest BCUT2D eigenvalue weighted by atomic mass is 9.88. The molecule has 1 rings (SSSR count). The van der Waals surface area contributed by atoms with E-state index in [4.69, 9.17) is 0 Å². The number of carbonyl (C=O) groups excluding carboxylic acids is 1. The number of rotatable bonds is 4. The van der Waals surface area contributed by atoms with Gasteiger partial charge in [-0.3, -0.25) is 4.79 Å². The van der Waals surface area contributed by atoms with Gasteiger partial charge in [-0.25, -0.2) is 0 Å². The largest absolute Gasteiger partial charge is 0.316 e. The van der Waals surface area contributed by atoms with Crippen molar-refractivity contribution in [2.24, 2.45) is 11.8 Å². The molecule has 1 N–H and O–H groups in total. The zero-order valence-electron chi connectivity index (χ0n) is 8.10. The minimum Gasteiger partial charge on any atom is -0.316 e. The van der Waals surface area contributed by atoms with Crippen molar-refractivity contribution in [1.82, 2.24) is 5.32 Å². The van der Waals surface area contributed by atoms with Crippen LogP contribution in [0.1, 0.15) is 33.1 Å². The highest BCUT2D eigenvalue weighted by atomic mass is 16.1. The van der Waals surface area contributed by atoms with Gasteiger partial charge in [-0.05, 0) is 25.8 Å². The van der Waals surface area contributed by atoms with Crippen LogP contribution in [0, 0.1) is 11.8 Å². The lowest BCUT2D eigenvalue weighted by Crippen LogP contribution is -2.24. The molecule has 2 heteroatoms. The Morgan fingerprint density at radius 2 is 2.17 bits per heavy atom. The quantitative estimate of drug-likeness (QED) is 0.692. The van der Waals surface area contributed by atoms with Crippen LogP contribution in [0.25, 0.3) is 0 Å². The van der Waals surface area contributed by atoms with E-state index in [0.29, 0.717) is 17.6 Å². The normalized spacial score (nSPS) is 23.4. The summed E-state index contributed by atoms with van der Waals surface area (Å²) in [5.41, 5.74) is 0. The maximum atomic E-state index is 11.8. The minimum atomic E-state index is 0.315. The summed E-state index contributed by atoms with van der Waals surface area (Å²) in [6.45, 7) is 6.15. The Hall–Kier alpha value is -0.370. The van der Waals surface area contributed by atoms with Crippen LogP contribution >= 0.6 is 0 Å². The maximum Gasteiger partial charge on any atom is 0.140 e. The first-order valence-corrected chi connectivity index (χ1v) is 5.04. The molecule has 1 saturated heterocycles. The summed E-state index contributed by atoms with van der Waals surface area (Å²) in [6.07, 6.45) is 3.06. The van der Waals surface area contributed by atoms with Crippen LogP contribution in [0.2, 0.25) is 0 Å². The fourth-order valence-corrected chi connectivity index (χ4v) is 1.92. The van der Waals surface area contributed by atoms with Crippen LogP contribution in [-0.2, 0) is 4.79 Å². The van der Waals surface area contributed by atoms with E-state index in [1.165, 1.54) is 0 Å². The van der Waals surface area contributed by atoms with Crippen LogP contribution in [0.3, 0.4) is 0 Å². The Morgan fingerprint density at radius 1 is 1.50 bits per heavy atom. The second-order valence-corrected chi connectivity index (χ2v) is 3.61. The second kappa shape index (κ2) is 4.61. The zero-order chi connectivity index (χ0) is 8.97. The topological polar surface area (TPSA) is 29.1 Å². The Balaban J connectivity index is 2.43. The van der Waals surface area contributed by atoms with Gasteiger partial charge in [0.2, 0.25) is 0 Å². The van der Waals surface area contributed by atoms with Crippen LogP contribution in [0.4, 0.5) is 0 Å². The highest BCUT2D eigenvalue weighted by Gasteiger charge is 2.26. The smallest absolute Gasteiger partial charge is 0.140 e. The van der Waals surface area contributed by atoms with Crippen molar-refractivity contribution in [2.45, 2.75) is 33.1 Å². The van der Waals surface area contributed by atoms with Gasteiger partial charge < -0.3 is 5.32 Å². The van der Waals surface area contributed by atoms with Gasteiger partial charge in [0.1, 0.15) is 5.78 Å². The standard InChI is InChI=1S/C10H19NO/c1-3-8(4-2)10(12)9-5-6-11-7-9/h8-9,11H,3-7H2,1-2H3. The van der Waals surface area contributed by atoms with E-state index in [0.717, 1.165) is 32.4 Å². The Bertz CT molecular complexity index is 142. The molecule has 1 fully saturated rings. The zero-order valence-corrected chi connectivity index (χ0v) is 8.10. The summed E-state index contributed by atoms with van der Waals surface area (Å²) in [6, 6.07) is 0. The first-order valence-electron chi connectivity index (χ1n) is 5.04. The molecule has 0 radical (unpaired) electrons. The minimum absolute atomic E-state index is 0.315. The first-order chi connectivity index (χ1) is 5.79. The molecule has 70 valence electrons. The molecule has 1 aliphatic heterocycles. The fraction of sp³-hybridized carbons (Fsp3) is 0.900. The Kier molecular flexibility index (Phi) is 3.73. The van der Waals surface area contributed by atoms with Crippen molar-refractivity contribution in [1.29, 1.82) is 0 Å².